The summed E-state index contributed by atoms with van der Waals surface area (Å²) in [6.07, 6.45) is 69.4. The second-order valence-electron chi connectivity index (χ2n) is 29.5. The first-order valence-corrected chi connectivity index (χ1v) is 45.8. The van der Waals surface area contributed by atoms with E-state index in [9.17, 15) is 43.2 Å². The maximum absolute atomic E-state index is 13.1. The maximum atomic E-state index is 13.1. The van der Waals surface area contributed by atoms with Gasteiger partial charge >= 0.3 is 39.5 Å². The third kappa shape index (κ3) is 76.1. The molecule has 3 N–H and O–H groups in total. The van der Waals surface area contributed by atoms with Crippen molar-refractivity contribution < 1.29 is 80.2 Å². The lowest BCUT2D eigenvalue weighted by molar-refractivity contribution is -0.161. The molecular weight excluding hydrogens is 1320 g/mol. The maximum Gasteiger partial charge on any atom is 0.472 e. The molecule has 0 amide bonds. The van der Waals surface area contributed by atoms with Crippen LogP contribution in [0.5, 0.6) is 0 Å². The van der Waals surface area contributed by atoms with Gasteiger partial charge in [-0.15, -0.1) is 0 Å². The van der Waals surface area contributed by atoms with Crippen LogP contribution in [-0.4, -0.2) is 96.7 Å². The van der Waals surface area contributed by atoms with Crippen molar-refractivity contribution in [2.75, 3.05) is 39.6 Å². The summed E-state index contributed by atoms with van der Waals surface area (Å²) in [5.74, 6) is -2.10. The molecule has 0 aliphatic carbocycles. The Labute approximate surface area is 619 Å². The standard InChI is InChI=1S/C82H160O17P2/c1-5-9-13-17-21-25-29-32-34-36-37-38-39-41-43-46-49-53-57-61-65-69-82(87)99-78(73-93-80(85)67-63-59-55-51-47-45-42-40-35-33-30-26-22-18-14-10-6-2)75-97-101(90,91)95-71-76(83)70-94-100(88,89)96-74-77(72-92-79(84)66-62-58-54-50-28-24-20-16-12-8-4)98-81(86)68-64-60-56-52-48-44-31-27-23-19-15-11-7-3/h76-78,83H,5-75H2,1-4H3,(H,88,89)(H,90,91)/t76-,77+,78+/m0/s1. The summed E-state index contributed by atoms with van der Waals surface area (Å²) in [6, 6.07) is 0. The molecule has 5 atom stereocenters. The van der Waals surface area contributed by atoms with Gasteiger partial charge in [-0.3, -0.25) is 37.3 Å². The van der Waals surface area contributed by atoms with Crippen LogP contribution in [0.2, 0.25) is 0 Å². The monoisotopic (exact) mass is 1480 g/mol. The number of hydrogen-bond donors (Lipinski definition) is 3. The van der Waals surface area contributed by atoms with E-state index in [1.165, 1.54) is 276 Å². The highest BCUT2D eigenvalue weighted by Crippen LogP contribution is 2.45. The summed E-state index contributed by atoms with van der Waals surface area (Å²) in [7, 11) is -9.92. The number of phosphoric acid groups is 2. The summed E-state index contributed by atoms with van der Waals surface area (Å²) < 4.78 is 68.7. The highest BCUT2D eigenvalue weighted by Gasteiger charge is 2.30. The van der Waals surface area contributed by atoms with Gasteiger partial charge < -0.3 is 33.8 Å². The van der Waals surface area contributed by atoms with Gasteiger partial charge in [0.1, 0.15) is 19.3 Å². The molecule has 0 saturated heterocycles. The van der Waals surface area contributed by atoms with Gasteiger partial charge in [0.05, 0.1) is 26.4 Å². The molecule has 0 aliphatic heterocycles. The molecule has 0 aromatic rings. The molecule has 0 aromatic carbocycles. The topological polar surface area (TPSA) is 237 Å². The van der Waals surface area contributed by atoms with Crippen molar-refractivity contribution in [3.05, 3.63) is 0 Å². The molecule has 101 heavy (non-hydrogen) atoms. The number of rotatable bonds is 83. The first-order chi connectivity index (χ1) is 49.2. The molecular formula is C82H160O17P2. The number of hydrogen-bond acceptors (Lipinski definition) is 15. The van der Waals surface area contributed by atoms with Gasteiger partial charge in [-0.1, -0.05) is 394 Å². The summed E-state index contributed by atoms with van der Waals surface area (Å²) in [5, 5.41) is 10.6. The van der Waals surface area contributed by atoms with E-state index in [4.69, 9.17) is 37.0 Å². The molecule has 0 aliphatic rings. The molecule has 0 rings (SSSR count). The highest BCUT2D eigenvalue weighted by atomic mass is 31.2. The zero-order valence-electron chi connectivity index (χ0n) is 65.9. The molecule has 19 heteroatoms. The molecule has 17 nitrogen and oxygen atoms in total. The number of aliphatic hydroxyl groups is 1. The lowest BCUT2D eigenvalue weighted by atomic mass is 10.0. The Morgan fingerprint density at radius 2 is 0.396 bits per heavy atom. The fourth-order valence-corrected chi connectivity index (χ4v) is 14.4. The largest absolute Gasteiger partial charge is 0.472 e. The van der Waals surface area contributed by atoms with E-state index in [-0.39, 0.29) is 25.7 Å². The predicted molar refractivity (Wildman–Crippen MR) is 414 cm³/mol. The van der Waals surface area contributed by atoms with Crippen molar-refractivity contribution in [1.82, 2.24) is 0 Å². The van der Waals surface area contributed by atoms with E-state index in [1.807, 2.05) is 0 Å². The fraction of sp³-hybridized carbons (Fsp3) is 0.951. The molecule has 0 aromatic heterocycles. The average Bonchev–Trinajstić information content (AvgIpc) is 0.956. The summed E-state index contributed by atoms with van der Waals surface area (Å²) >= 11 is 0. The second kappa shape index (κ2) is 76.3. The van der Waals surface area contributed by atoms with Gasteiger partial charge in [0, 0.05) is 25.7 Å². The van der Waals surface area contributed by atoms with E-state index >= 15 is 0 Å². The van der Waals surface area contributed by atoms with Gasteiger partial charge in [-0.05, 0) is 25.7 Å². The SMILES string of the molecule is CCCCCCCCCCCCCCCCCCCCCCCC(=O)O[C@H](COC(=O)CCCCCCCCCCCCCCCCCCC)COP(=O)(O)OC[C@@H](O)COP(=O)(O)OC[C@@H](COC(=O)CCCCCCCCCCCC)OC(=O)CCCCCCCCCCCCCCC. The molecule has 0 saturated carbocycles. The first kappa shape index (κ1) is 99.1. The Morgan fingerprint density at radius 3 is 0.584 bits per heavy atom. The van der Waals surface area contributed by atoms with E-state index in [2.05, 4.69) is 27.7 Å². The number of carbonyl (C=O) groups is 4. The van der Waals surface area contributed by atoms with Gasteiger partial charge in [0.2, 0.25) is 0 Å². The molecule has 0 heterocycles. The minimum Gasteiger partial charge on any atom is -0.462 e. The van der Waals surface area contributed by atoms with Crippen molar-refractivity contribution in [2.45, 2.75) is 463 Å². The van der Waals surface area contributed by atoms with Gasteiger partial charge in [0.25, 0.3) is 0 Å². The van der Waals surface area contributed by atoms with E-state index < -0.39 is 97.5 Å². The number of esters is 4. The Morgan fingerprint density at radius 1 is 0.238 bits per heavy atom. The van der Waals surface area contributed by atoms with Gasteiger partial charge in [0.15, 0.2) is 12.2 Å². The van der Waals surface area contributed by atoms with Crippen LogP contribution in [0.3, 0.4) is 0 Å². The number of ether oxygens (including phenoxy) is 4. The van der Waals surface area contributed by atoms with Gasteiger partial charge in [-0.25, -0.2) is 9.13 Å². The number of aliphatic hydroxyl groups excluding tert-OH is 1. The molecule has 0 fully saturated rings. The zero-order chi connectivity index (χ0) is 73.9. The van der Waals surface area contributed by atoms with Crippen molar-refractivity contribution >= 4 is 39.5 Å². The summed E-state index contributed by atoms with van der Waals surface area (Å²) in [4.78, 5) is 73.0. The van der Waals surface area contributed by atoms with E-state index in [1.54, 1.807) is 0 Å². The lowest BCUT2D eigenvalue weighted by Crippen LogP contribution is -2.30. The Kier molecular flexibility index (Phi) is 74.8. The van der Waals surface area contributed by atoms with Crippen LogP contribution in [0.4, 0.5) is 0 Å². The van der Waals surface area contributed by atoms with Crippen molar-refractivity contribution in [2.24, 2.45) is 0 Å². The third-order valence-electron chi connectivity index (χ3n) is 19.4. The molecule has 0 spiro atoms. The summed E-state index contributed by atoms with van der Waals surface area (Å²) in [5.41, 5.74) is 0. The van der Waals surface area contributed by atoms with Crippen molar-refractivity contribution in [1.29, 1.82) is 0 Å². The summed E-state index contributed by atoms with van der Waals surface area (Å²) in [6.45, 7) is 5.02. The van der Waals surface area contributed by atoms with Crippen LogP contribution < -0.4 is 0 Å². The van der Waals surface area contributed by atoms with Crippen LogP contribution in [0, 0.1) is 0 Å². The Balaban J connectivity index is 5.21. The minimum absolute atomic E-state index is 0.108. The van der Waals surface area contributed by atoms with Crippen LogP contribution in [0.15, 0.2) is 0 Å². The molecule has 0 radical (unpaired) electrons. The van der Waals surface area contributed by atoms with Gasteiger partial charge in [-0.2, -0.15) is 0 Å². The smallest absolute Gasteiger partial charge is 0.462 e. The third-order valence-corrected chi connectivity index (χ3v) is 21.3. The first-order valence-electron chi connectivity index (χ1n) is 42.8. The molecule has 2 unspecified atom stereocenters. The average molecular weight is 1480 g/mol. The van der Waals surface area contributed by atoms with Crippen molar-refractivity contribution in [3.63, 3.8) is 0 Å². The molecule has 600 valence electrons. The quantitative estimate of drug-likeness (QED) is 0.0222. The Bertz CT molecular complexity index is 1910. The van der Waals surface area contributed by atoms with Crippen molar-refractivity contribution in [3.8, 4) is 0 Å². The minimum atomic E-state index is -4.96. The molecule has 0 bridgehead atoms. The fourth-order valence-electron chi connectivity index (χ4n) is 12.8. The predicted octanol–water partition coefficient (Wildman–Crippen LogP) is 25.0. The number of unbranched alkanes of at least 4 members (excludes halogenated alkanes) is 57. The van der Waals surface area contributed by atoms with Crippen LogP contribution >= 0.6 is 15.6 Å². The van der Waals surface area contributed by atoms with Crippen LogP contribution in [0.1, 0.15) is 445 Å². The second-order valence-corrected chi connectivity index (χ2v) is 32.4. The highest BCUT2D eigenvalue weighted by molar-refractivity contribution is 7.47. The number of carbonyl (C=O) groups excluding carboxylic acids is 4. The Hall–Kier alpha value is -1.94. The van der Waals surface area contributed by atoms with E-state index in [0.717, 1.165) is 89.9 Å². The number of phosphoric ester groups is 2. The zero-order valence-corrected chi connectivity index (χ0v) is 67.7. The van der Waals surface area contributed by atoms with E-state index in [0.29, 0.717) is 25.7 Å². The lowest BCUT2D eigenvalue weighted by Gasteiger charge is -2.21. The van der Waals surface area contributed by atoms with Crippen LogP contribution in [0.25, 0.3) is 0 Å². The normalized spacial score (nSPS) is 13.8. The van der Waals surface area contributed by atoms with Crippen LogP contribution in [-0.2, 0) is 65.4 Å².